The average Bonchev–Trinajstić information content (AvgIpc) is 3.46. The number of hydrogen-bond acceptors (Lipinski definition) is 4. The van der Waals surface area contributed by atoms with Crippen LogP contribution in [-0.4, -0.2) is 27.1 Å². The van der Waals surface area contributed by atoms with E-state index in [-0.39, 0.29) is 23.5 Å². The van der Waals surface area contributed by atoms with Gasteiger partial charge in [0.05, 0.1) is 11.4 Å². The van der Waals surface area contributed by atoms with Crippen molar-refractivity contribution >= 4 is 35.0 Å². The summed E-state index contributed by atoms with van der Waals surface area (Å²) in [6.45, 7) is 2.05. The molecule has 0 aliphatic heterocycles. The van der Waals surface area contributed by atoms with Gasteiger partial charge in [-0.1, -0.05) is 36.0 Å². The SMILES string of the molecule is Cc1ccccc1-n1ccnc1SCC(=O)Nc1cccc(NC(=O)C2CC2)c1. The van der Waals surface area contributed by atoms with Crippen LogP contribution in [0.2, 0.25) is 0 Å². The second-order valence-corrected chi connectivity index (χ2v) is 7.99. The molecule has 3 aromatic rings. The van der Waals surface area contributed by atoms with Crippen LogP contribution in [0.3, 0.4) is 0 Å². The second-order valence-electron chi connectivity index (χ2n) is 7.05. The minimum absolute atomic E-state index is 0.0482. The summed E-state index contributed by atoms with van der Waals surface area (Å²) in [6, 6.07) is 15.3. The lowest BCUT2D eigenvalue weighted by atomic mass is 10.2. The first-order valence-corrected chi connectivity index (χ1v) is 10.5. The second kappa shape index (κ2) is 8.53. The summed E-state index contributed by atoms with van der Waals surface area (Å²) in [5.74, 6) is 0.301. The first-order valence-electron chi connectivity index (χ1n) is 9.53. The molecule has 4 rings (SSSR count). The number of aryl methyl sites for hydroxylation is 1. The molecule has 1 aromatic heterocycles. The largest absolute Gasteiger partial charge is 0.326 e. The van der Waals surface area contributed by atoms with Crippen molar-refractivity contribution in [3.05, 3.63) is 66.5 Å². The molecule has 0 atom stereocenters. The fourth-order valence-corrected chi connectivity index (χ4v) is 3.77. The highest BCUT2D eigenvalue weighted by Crippen LogP contribution is 2.30. The number of aromatic nitrogens is 2. The van der Waals surface area contributed by atoms with Gasteiger partial charge in [-0.2, -0.15) is 0 Å². The summed E-state index contributed by atoms with van der Waals surface area (Å²) in [4.78, 5) is 28.7. The maximum absolute atomic E-state index is 12.4. The Balaban J connectivity index is 1.36. The molecule has 1 fully saturated rings. The molecule has 1 aliphatic rings. The van der Waals surface area contributed by atoms with Crippen molar-refractivity contribution < 1.29 is 9.59 Å². The number of amides is 2. The van der Waals surface area contributed by atoms with Gasteiger partial charge in [-0.25, -0.2) is 4.98 Å². The van der Waals surface area contributed by atoms with Gasteiger partial charge in [-0.15, -0.1) is 0 Å². The highest BCUT2D eigenvalue weighted by Gasteiger charge is 2.29. The van der Waals surface area contributed by atoms with Gasteiger partial charge in [0.15, 0.2) is 5.16 Å². The Labute approximate surface area is 173 Å². The van der Waals surface area contributed by atoms with Crippen LogP contribution in [-0.2, 0) is 9.59 Å². The molecule has 1 aliphatic carbocycles. The van der Waals surface area contributed by atoms with E-state index in [0.717, 1.165) is 29.2 Å². The number of carbonyl (C=O) groups is 2. The minimum atomic E-state index is -0.125. The molecule has 148 valence electrons. The van der Waals surface area contributed by atoms with Crippen LogP contribution in [0.15, 0.2) is 66.1 Å². The molecule has 29 heavy (non-hydrogen) atoms. The van der Waals surface area contributed by atoms with Crippen LogP contribution in [0.4, 0.5) is 11.4 Å². The van der Waals surface area contributed by atoms with Crippen molar-refractivity contribution in [1.82, 2.24) is 9.55 Å². The lowest BCUT2D eigenvalue weighted by Gasteiger charge is -2.11. The highest BCUT2D eigenvalue weighted by atomic mass is 32.2. The summed E-state index contributed by atoms with van der Waals surface area (Å²) in [7, 11) is 0. The number of nitrogens with zero attached hydrogens (tertiary/aromatic N) is 2. The van der Waals surface area contributed by atoms with Gasteiger partial charge in [-0.3, -0.25) is 14.2 Å². The van der Waals surface area contributed by atoms with Crippen molar-refractivity contribution in [3.8, 4) is 5.69 Å². The summed E-state index contributed by atoms with van der Waals surface area (Å²) in [6.07, 6.45) is 5.54. The molecule has 0 unspecified atom stereocenters. The third-order valence-electron chi connectivity index (χ3n) is 4.68. The Kier molecular flexibility index (Phi) is 5.67. The standard InChI is InChI=1S/C22H22N4O2S/c1-15-5-2-3-8-19(15)26-12-11-23-22(26)29-14-20(27)24-17-6-4-7-18(13-17)25-21(28)16-9-10-16/h2-8,11-13,16H,9-10,14H2,1H3,(H,24,27)(H,25,28). The van der Waals surface area contributed by atoms with Crippen molar-refractivity contribution in [1.29, 1.82) is 0 Å². The lowest BCUT2D eigenvalue weighted by Crippen LogP contribution is -2.16. The van der Waals surface area contributed by atoms with Gasteiger partial charge in [-0.05, 0) is 49.6 Å². The van der Waals surface area contributed by atoms with Crippen LogP contribution in [0.25, 0.3) is 5.69 Å². The topological polar surface area (TPSA) is 76.0 Å². The van der Waals surface area contributed by atoms with E-state index in [1.54, 1.807) is 12.3 Å². The third kappa shape index (κ3) is 4.86. The number of thioether (sulfide) groups is 1. The van der Waals surface area contributed by atoms with Gasteiger partial charge in [0, 0.05) is 29.7 Å². The number of rotatable bonds is 7. The average molecular weight is 407 g/mol. The molecule has 2 N–H and O–H groups in total. The van der Waals surface area contributed by atoms with E-state index >= 15 is 0 Å². The van der Waals surface area contributed by atoms with E-state index in [9.17, 15) is 9.59 Å². The van der Waals surface area contributed by atoms with Gasteiger partial charge >= 0.3 is 0 Å². The Morgan fingerprint density at radius 1 is 1.10 bits per heavy atom. The van der Waals surface area contributed by atoms with E-state index in [4.69, 9.17) is 0 Å². The maximum atomic E-state index is 12.4. The zero-order chi connectivity index (χ0) is 20.2. The lowest BCUT2D eigenvalue weighted by molar-refractivity contribution is -0.117. The molecule has 1 heterocycles. The van der Waals surface area contributed by atoms with E-state index in [1.165, 1.54) is 11.8 Å². The summed E-state index contributed by atoms with van der Waals surface area (Å²) in [5.41, 5.74) is 3.54. The van der Waals surface area contributed by atoms with Gasteiger partial charge in [0.2, 0.25) is 11.8 Å². The zero-order valence-corrected chi connectivity index (χ0v) is 16.9. The number of anilines is 2. The normalized spacial score (nSPS) is 13.1. The summed E-state index contributed by atoms with van der Waals surface area (Å²) in [5, 5.41) is 6.54. The summed E-state index contributed by atoms with van der Waals surface area (Å²) >= 11 is 1.38. The molecular formula is C22H22N4O2S. The number of nitrogens with one attached hydrogen (secondary N) is 2. The van der Waals surface area contributed by atoms with Crippen molar-refractivity contribution in [2.75, 3.05) is 16.4 Å². The number of imidazole rings is 1. The smallest absolute Gasteiger partial charge is 0.234 e. The van der Waals surface area contributed by atoms with Crippen molar-refractivity contribution in [2.24, 2.45) is 5.92 Å². The quantitative estimate of drug-likeness (QED) is 0.575. The zero-order valence-electron chi connectivity index (χ0n) is 16.1. The molecule has 0 spiro atoms. The first kappa shape index (κ1) is 19.3. The molecule has 0 radical (unpaired) electrons. The van der Waals surface area contributed by atoms with Crippen molar-refractivity contribution in [2.45, 2.75) is 24.9 Å². The fraction of sp³-hybridized carbons (Fsp3) is 0.227. The molecule has 0 bridgehead atoms. The highest BCUT2D eigenvalue weighted by molar-refractivity contribution is 7.99. The van der Waals surface area contributed by atoms with Crippen molar-refractivity contribution in [3.63, 3.8) is 0 Å². The molecule has 6 nitrogen and oxygen atoms in total. The Bertz CT molecular complexity index is 1040. The fourth-order valence-electron chi connectivity index (χ4n) is 3.01. The van der Waals surface area contributed by atoms with Crippen LogP contribution in [0.1, 0.15) is 18.4 Å². The number of hydrogen-bond donors (Lipinski definition) is 2. The molecule has 1 saturated carbocycles. The van der Waals surface area contributed by atoms with Crippen LogP contribution in [0, 0.1) is 12.8 Å². The molecule has 2 aromatic carbocycles. The van der Waals surface area contributed by atoms with Crippen LogP contribution < -0.4 is 10.6 Å². The monoisotopic (exact) mass is 406 g/mol. The van der Waals surface area contributed by atoms with E-state index in [2.05, 4.69) is 15.6 Å². The Morgan fingerprint density at radius 3 is 2.62 bits per heavy atom. The van der Waals surface area contributed by atoms with E-state index in [1.807, 2.05) is 60.2 Å². The predicted molar refractivity (Wildman–Crippen MR) is 115 cm³/mol. The van der Waals surface area contributed by atoms with Crippen LogP contribution >= 0.6 is 11.8 Å². The minimum Gasteiger partial charge on any atom is -0.326 e. The van der Waals surface area contributed by atoms with Crippen LogP contribution in [0.5, 0.6) is 0 Å². The van der Waals surface area contributed by atoms with Gasteiger partial charge in [0.1, 0.15) is 0 Å². The van der Waals surface area contributed by atoms with Gasteiger partial charge < -0.3 is 10.6 Å². The maximum Gasteiger partial charge on any atom is 0.234 e. The van der Waals surface area contributed by atoms with E-state index < -0.39 is 0 Å². The van der Waals surface area contributed by atoms with E-state index in [0.29, 0.717) is 11.4 Å². The number of carbonyl (C=O) groups excluding carboxylic acids is 2. The molecule has 7 heteroatoms. The third-order valence-corrected chi connectivity index (χ3v) is 5.64. The Hall–Kier alpha value is -3.06. The molecule has 2 amide bonds. The number of para-hydroxylation sites is 1. The molecular weight excluding hydrogens is 384 g/mol. The summed E-state index contributed by atoms with van der Waals surface area (Å²) < 4.78 is 1.99. The Morgan fingerprint density at radius 2 is 1.86 bits per heavy atom. The molecule has 0 saturated heterocycles. The number of benzene rings is 2. The first-order chi connectivity index (χ1) is 14.1. The predicted octanol–water partition coefficient (Wildman–Crippen LogP) is 4.26. The van der Waals surface area contributed by atoms with Gasteiger partial charge in [0.25, 0.3) is 0 Å².